The number of H-pyrrole nitrogens is 1. The molecule has 0 unspecified atom stereocenters. The monoisotopic (exact) mass is 281 g/mol. The summed E-state index contributed by atoms with van der Waals surface area (Å²) in [5.41, 5.74) is 5.00. The molecule has 6 nitrogen and oxygen atoms in total. The first-order valence-corrected chi connectivity index (χ1v) is 6.84. The lowest BCUT2D eigenvalue weighted by molar-refractivity contribution is 0.416. The van der Waals surface area contributed by atoms with Gasteiger partial charge in [-0.2, -0.15) is 0 Å². The molecule has 21 heavy (non-hydrogen) atoms. The smallest absolute Gasteiger partial charge is 0.161 e. The van der Waals surface area contributed by atoms with Gasteiger partial charge in [0.05, 0.1) is 18.9 Å². The highest BCUT2D eigenvalue weighted by Crippen LogP contribution is 2.38. The quantitative estimate of drug-likeness (QED) is 0.778. The van der Waals surface area contributed by atoms with Crippen LogP contribution in [0.15, 0.2) is 24.7 Å². The molecule has 106 valence electrons. The van der Waals surface area contributed by atoms with Crippen molar-refractivity contribution in [1.29, 1.82) is 0 Å². The number of likely N-dealkylation sites (N-methyl/N-ethyl adjacent to an activating group) is 1. The number of imidazole rings is 1. The summed E-state index contributed by atoms with van der Waals surface area (Å²) in [6, 6.07) is 4.24. The first-order valence-electron chi connectivity index (χ1n) is 6.84. The van der Waals surface area contributed by atoms with Crippen molar-refractivity contribution in [2.75, 3.05) is 25.6 Å². The van der Waals surface area contributed by atoms with Crippen LogP contribution in [0.5, 0.6) is 5.75 Å². The van der Waals surface area contributed by atoms with Crippen molar-refractivity contribution in [2.24, 2.45) is 0 Å². The summed E-state index contributed by atoms with van der Waals surface area (Å²) in [7, 11) is 3.78. The Hall–Kier alpha value is -2.63. The summed E-state index contributed by atoms with van der Waals surface area (Å²) in [6.07, 6.45) is 4.26. The Kier molecular flexibility index (Phi) is 2.57. The van der Waals surface area contributed by atoms with E-state index in [9.17, 15) is 0 Å². The number of aromatic nitrogens is 4. The molecule has 1 aromatic carbocycles. The molecular formula is C15H15N5O. The average Bonchev–Trinajstić information content (AvgIpc) is 3.09. The fraction of sp³-hybridized carbons (Fsp3) is 0.267. The van der Waals surface area contributed by atoms with Crippen molar-refractivity contribution in [2.45, 2.75) is 6.42 Å². The number of aromatic amines is 1. The van der Waals surface area contributed by atoms with E-state index < -0.39 is 0 Å². The second kappa shape index (κ2) is 4.44. The standard InChI is InChI=1S/C15H15N5O/c1-20-4-3-9-5-10(13(21-2)6-12(9)20)14-18-11-7-16-8-17-15(11)19-14/h5-8H,3-4H2,1-2H3,(H,16,17,18,19). The van der Waals surface area contributed by atoms with Crippen molar-refractivity contribution in [1.82, 2.24) is 19.9 Å². The summed E-state index contributed by atoms with van der Waals surface area (Å²) >= 11 is 0. The molecular weight excluding hydrogens is 266 g/mol. The van der Waals surface area contributed by atoms with Crippen LogP contribution in [0.3, 0.4) is 0 Å². The lowest BCUT2D eigenvalue weighted by Crippen LogP contribution is -2.12. The summed E-state index contributed by atoms with van der Waals surface area (Å²) in [4.78, 5) is 18.2. The normalized spacial score (nSPS) is 13.7. The van der Waals surface area contributed by atoms with Gasteiger partial charge in [0.15, 0.2) is 5.65 Å². The van der Waals surface area contributed by atoms with Crippen molar-refractivity contribution in [3.63, 3.8) is 0 Å². The second-order valence-corrected chi connectivity index (χ2v) is 5.19. The predicted octanol–water partition coefficient (Wildman–Crippen LogP) is 2.02. The summed E-state index contributed by atoms with van der Waals surface area (Å²) in [5, 5.41) is 0. The summed E-state index contributed by atoms with van der Waals surface area (Å²) in [5.74, 6) is 1.58. The number of hydrogen-bond acceptors (Lipinski definition) is 5. The van der Waals surface area contributed by atoms with E-state index in [-0.39, 0.29) is 0 Å². The van der Waals surface area contributed by atoms with Gasteiger partial charge in [-0.05, 0) is 18.1 Å². The number of fused-ring (bicyclic) bond motifs is 2. The Labute approximate surface area is 121 Å². The van der Waals surface area contributed by atoms with E-state index in [1.807, 2.05) is 0 Å². The zero-order chi connectivity index (χ0) is 14.4. The molecule has 1 N–H and O–H groups in total. The van der Waals surface area contributed by atoms with Crippen LogP contribution in [0.25, 0.3) is 22.6 Å². The van der Waals surface area contributed by atoms with Gasteiger partial charge in [0.1, 0.15) is 23.4 Å². The molecule has 0 spiro atoms. The van der Waals surface area contributed by atoms with Gasteiger partial charge in [0.2, 0.25) is 0 Å². The van der Waals surface area contributed by atoms with E-state index in [1.54, 1.807) is 13.3 Å². The predicted molar refractivity (Wildman–Crippen MR) is 80.6 cm³/mol. The number of ether oxygens (including phenoxy) is 1. The van der Waals surface area contributed by atoms with Gasteiger partial charge in [-0.25, -0.2) is 15.0 Å². The molecule has 0 amide bonds. The van der Waals surface area contributed by atoms with Gasteiger partial charge >= 0.3 is 0 Å². The van der Waals surface area contributed by atoms with Gasteiger partial charge < -0.3 is 14.6 Å². The van der Waals surface area contributed by atoms with Crippen LogP contribution >= 0.6 is 0 Å². The second-order valence-electron chi connectivity index (χ2n) is 5.19. The maximum atomic E-state index is 5.55. The molecule has 0 atom stereocenters. The molecule has 2 aromatic heterocycles. The maximum Gasteiger partial charge on any atom is 0.161 e. The Morgan fingerprint density at radius 3 is 3.05 bits per heavy atom. The number of methoxy groups -OCH3 is 1. The Morgan fingerprint density at radius 1 is 1.33 bits per heavy atom. The fourth-order valence-electron chi connectivity index (χ4n) is 2.82. The van der Waals surface area contributed by atoms with E-state index in [2.05, 4.69) is 44.0 Å². The summed E-state index contributed by atoms with van der Waals surface area (Å²) in [6.45, 7) is 1.04. The number of rotatable bonds is 2. The molecule has 3 heterocycles. The zero-order valence-corrected chi connectivity index (χ0v) is 11.9. The van der Waals surface area contributed by atoms with Crippen LogP contribution in [-0.2, 0) is 6.42 Å². The van der Waals surface area contributed by atoms with Gasteiger partial charge in [-0.1, -0.05) is 0 Å². The molecule has 0 bridgehead atoms. The lowest BCUT2D eigenvalue weighted by Gasteiger charge is -2.14. The van der Waals surface area contributed by atoms with Crippen LogP contribution in [0, 0.1) is 0 Å². The van der Waals surface area contributed by atoms with E-state index >= 15 is 0 Å². The fourth-order valence-corrected chi connectivity index (χ4v) is 2.82. The number of nitrogens with zero attached hydrogens (tertiary/aromatic N) is 4. The number of benzene rings is 1. The van der Waals surface area contributed by atoms with E-state index in [1.165, 1.54) is 17.6 Å². The van der Waals surface area contributed by atoms with Crippen LogP contribution in [-0.4, -0.2) is 40.6 Å². The molecule has 0 radical (unpaired) electrons. The molecule has 3 aromatic rings. The molecule has 6 heteroatoms. The van der Waals surface area contributed by atoms with Gasteiger partial charge in [-0.3, -0.25) is 0 Å². The Morgan fingerprint density at radius 2 is 2.24 bits per heavy atom. The minimum absolute atomic E-state index is 0.736. The lowest BCUT2D eigenvalue weighted by atomic mass is 10.1. The largest absolute Gasteiger partial charge is 0.496 e. The maximum absolute atomic E-state index is 5.55. The number of nitrogens with one attached hydrogen (secondary N) is 1. The highest BCUT2D eigenvalue weighted by molar-refractivity contribution is 5.79. The number of hydrogen-bond donors (Lipinski definition) is 1. The Balaban J connectivity index is 1.91. The minimum atomic E-state index is 0.736. The molecule has 4 rings (SSSR count). The molecule has 0 saturated carbocycles. The van der Waals surface area contributed by atoms with Crippen molar-refractivity contribution < 1.29 is 4.74 Å². The van der Waals surface area contributed by atoms with Crippen LogP contribution < -0.4 is 9.64 Å². The average molecular weight is 281 g/mol. The van der Waals surface area contributed by atoms with Crippen molar-refractivity contribution >= 4 is 16.9 Å². The minimum Gasteiger partial charge on any atom is -0.496 e. The first kappa shape index (κ1) is 12.1. The highest BCUT2D eigenvalue weighted by atomic mass is 16.5. The topological polar surface area (TPSA) is 66.9 Å². The van der Waals surface area contributed by atoms with Crippen LogP contribution in [0.2, 0.25) is 0 Å². The third kappa shape index (κ3) is 1.83. The first-order chi connectivity index (χ1) is 10.3. The van der Waals surface area contributed by atoms with E-state index in [4.69, 9.17) is 4.74 Å². The van der Waals surface area contributed by atoms with Gasteiger partial charge in [-0.15, -0.1) is 0 Å². The molecule has 1 aliphatic rings. The summed E-state index contributed by atoms with van der Waals surface area (Å²) < 4.78 is 5.55. The van der Waals surface area contributed by atoms with Gasteiger partial charge in [0, 0.05) is 25.3 Å². The molecule has 0 fully saturated rings. The van der Waals surface area contributed by atoms with Crippen molar-refractivity contribution in [3.05, 3.63) is 30.2 Å². The van der Waals surface area contributed by atoms with Crippen LogP contribution in [0.4, 0.5) is 5.69 Å². The van der Waals surface area contributed by atoms with Crippen molar-refractivity contribution in [3.8, 4) is 17.1 Å². The van der Waals surface area contributed by atoms with E-state index in [0.29, 0.717) is 0 Å². The van der Waals surface area contributed by atoms with Crippen LogP contribution in [0.1, 0.15) is 5.56 Å². The SMILES string of the molecule is COc1cc2c(cc1-c1nc3cncnc3[nH]1)CCN2C. The molecule has 1 aliphatic heterocycles. The third-order valence-electron chi connectivity index (χ3n) is 3.95. The Bertz CT molecular complexity index is 793. The third-order valence-corrected chi connectivity index (χ3v) is 3.95. The highest BCUT2D eigenvalue weighted by Gasteiger charge is 2.21. The molecule has 0 saturated heterocycles. The van der Waals surface area contributed by atoms with E-state index in [0.717, 1.165) is 41.3 Å². The zero-order valence-electron chi connectivity index (χ0n) is 11.9. The number of anilines is 1. The molecule has 0 aliphatic carbocycles. The van der Waals surface area contributed by atoms with Gasteiger partial charge in [0.25, 0.3) is 0 Å².